The second kappa shape index (κ2) is 7.82. The van der Waals surface area contributed by atoms with Crippen LogP contribution in [-0.4, -0.2) is 21.3 Å². The number of hydrogen-bond acceptors (Lipinski definition) is 3. The van der Waals surface area contributed by atoms with Crippen LogP contribution in [0, 0.1) is 0 Å². The minimum atomic E-state index is 0.324. The maximum absolute atomic E-state index is 5.37. The van der Waals surface area contributed by atoms with Crippen molar-refractivity contribution in [3.8, 4) is 17.2 Å². The summed E-state index contributed by atoms with van der Waals surface area (Å²) < 4.78 is 15.9. The van der Waals surface area contributed by atoms with Crippen LogP contribution in [0.5, 0.6) is 17.2 Å². The van der Waals surface area contributed by atoms with Gasteiger partial charge in [0, 0.05) is 5.56 Å². The molecule has 0 spiro atoms. The van der Waals surface area contributed by atoms with Crippen LogP contribution in [0.3, 0.4) is 0 Å². The minimum Gasteiger partial charge on any atom is -0.496 e. The molecule has 3 heteroatoms. The first kappa shape index (κ1) is 15.6. The second-order valence-electron chi connectivity index (χ2n) is 3.57. The Labute approximate surface area is 105 Å². The summed E-state index contributed by atoms with van der Waals surface area (Å²) >= 11 is 0. The molecule has 0 N–H and O–H groups in total. The highest BCUT2D eigenvalue weighted by Crippen LogP contribution is 2.41. The highest BCUT2D eigenvalue weighted by molar-refractivity contribution is 5.55. The summed E-state index contributed by atoms with van der Waals surface area (Å²) in [4.78, 5) is 0. The first-order valence-electron chi connectivity index (χ1n) is 5.94. The topological polar surface area (TPSA) is 27.7 Å². The fraction of sp³-hybridized carbons (Fsp3) is 0.571. The molecule has 1 aromatic rings. The van der Waals surface area contributed by atoms with Gasteiger partial charge in [0.05, 0.1) is 21.3 Å². The Kier molecular flexibility index (Phi) is 7.19. The van der Waals surface area contributed by atoms with Gasteiger partial charge in [-0.15, -0.1) is 0 Å². The standard InChI is InChI=1S/C12H18O3.C2H6/c1-8(2)11-9(13-3)6-7-10(14-4)12(11)15-5;1-2/h6-8H,1-5H3;1-2H3. The zero-order valence-corrected chi connectivity index (χ0v) is 12.0. The highest BCUT2D eigenvalue weighted by Gasteiger charge is 2.17. The molecule has 0 heterocycles. The smallest absolute Gasteiger partial charge is 0.167 e. The van der Waals surface area contributed by atoms with Crippen LogP contribution in [0.2, 0.25) is 0 Å². The van der Waals surface area contributed by atoms with Crippen LogP contribution in [0.4, 0.5) is 0 Å². The largest absolute Gasteiger partial charge is 0.496 e. The van der Waals surface area contributed by atoms with Crippen LogP contribution < -0.4 is 14.2 Å². The zero-order chi connectivity index (χ0) is 13.4. The third-order valence-electron chi connectivity index (χ3n) is 2.34. The fourth-order valence-electron chi connectivity index (χ4n) is 1.66. The molecular formula is C14H24O3. The van der Waals surface area contributed by atoms with Gasteiger partial charge in [-0.3, -0.25) is 0 Å². The van der Waals surface area contributed by atoms with Crippen molar-refractivity contribution in [3.63, 3.8) is 0 Å². The lowest BCUT2D eigenvalue weighted by Crippen LogP contribution is -2.00. The van der Waals surface area contributed by atoms with Gasteiger partial charge < -0.3 is 14.2 Å². The summed E-state index contributed by atoms with van der Waals surface area (Å²) in [6.07, 6.45) is 0. The molecule has 3 nitrogen and oxygen atoms in total. The van der Waals surface area contributed by atoms with Crippen LogP contribution in [0.25, 0.3) is 0 Å². The predicted octanol–water partition coefficient (Wildman–Crippen LogP) is 3.86. The van der Waals surface area contributed by atoms with E-state index in [-0.39, 0.29) is 0 Å². The average molecular weight is 240 g/mol. The molecule has 0 bridgehead atoms. The molecule has 1 aromatic carbocycles. The Balaban J connectivity index is 0.00000121. The van der Waals surface area contributed by atoms with Gasteiger partial charge in [0.15, 0.2) is 11.5 Å². The lowest BCUT2D eigenvalue weighted by molar-refractivity contribution is 0.341. The van der Waals surface area contributed by atoms with Gasteiger partial charge in [0.1, 0.15) is 5.75 Å². The molecule has 0 unspecified atom stereocenters. The molecule has 0 saturated carbocycles. The molecule has 0 aliphatic heterocycles. The van der Waals surface area contributed by atoms with E-state index in [2.05, 4.69) is 13.8 Å². The maximum atomic E-state index is 5.37. The molecule has 0 radical (unpaired) electrons. The normalized spacial score (nSPS) is 9.41. The Hall–Kier alpha value is -1.38. The Morgan fingerprint density at radius 1 is 0.824 bits per heavy atom. The molecule has 0 aliphatic carbocycles. The lowest BCUT2D eigenvalue weighted by atomic mass is 10.0. The van der Waals surface area contributed by atoms with Crippen molar-refractivity contribution < 1.29 is 14.2 Å². The molecule has 17 heavy (non-hydrogen) atoms. The second-order valence-corrected chi connectivity index (χ2v) is 3.57. The summed E-state index contributed by atoms with van der Waals surface area (Å²) in [7, 11) is 4.94. The molecule has 98 valence electrons. The van der Waals surface area contributed by atoms with Crippen LogP contribution >= 0.6 is 0 Å². The van der Waals surface area contributed by atoms with Crippen molar-refractivity contribution in [3.05, 3.63) is 17.7 Å². The van der Waals surface area contributed by atoms with Gasteiger partial charge in [-0.25, -0.2) is 0 Å². The summed E-state index contributed by atoms with van der Waals surface area (Å²) in [5.74, 6) is 2.65. The van der Waals surface area contributed by atoms with Crippen molar-refractivity contribution >= 4 is 0 Å². The monoisotopic (exact) mass is 240 g/mol. The first-order chi connectivity index (χ1) is 8.15. The predicted molar refractivity (Wildman–Crippen MR) is 71.5 cm³/mol. The van der Waals surface area contributed by atoms with Gasteiger partial charge in [-0.1, -0.05) is 27.7 Å². The first-order valence-corrected chi connectivity index (χ1v) is 5.94. The SMILES string of the molecule is CC.COc1ccc(OC)c(C(C)C)c1OC. The van der Waals surface area contributed by atoms with E-state index in [9.17, 15) is 0 Å². The van der Waals surface area contributed by atoms with E-state index in [4.69, 9.17) is 14.2 Å². The van der Waals surface area contributed by atoms with Gasteiger partial charge in [-0.05, 0) is 18.1 Å². The molecule has 0 atom stereocenters. The van der Waals surface area contributed by atoms with E-state index in [1.54, 1.807) is 21.3 Å². The van der Waals surface area contributed by atoms with Crippen molar-refractivity contribution in [2.24, 2.45) is 0 Å². The summed E-state index contributed by atoms with van der Waals surface area (Å²) in [5.41, 5.74) is 1.04. The molecule has 0 amide bonds. The van der Waals surface area contributed by atoms with Crippen molar-refractivity contribution in [1.82, 2.24) is 0 Å². The van der Waals surface area contributed by atoms with Crippen LogP contribution in [0.15, 0.2) is 12.1 Å². The number of ether oxygens (including phenoxy) is 3. The van der Waals surface area contributed by atoms with E-state index in [1.807, 2.05) is 26.0 Å². The van der Waals surface area contributed by atoms with Gasteiger partial charge in [0.25, 0.3) is 0 Å². The van der Waals surface area contributed by atoms with E-state index >= 15 is 0 Å². The third-order valence-corrected chi connectivity index (χ3v) is 2.34. The van der Waals surface area contributed by atoms with E-state index < -0.39 is 0 Å². The highest BCUT2D eigenvalue weighted by atomic mass is 16.5. The molecular weight excluding hydrogens is 216 g/mol. The zero-order valence-electron chi connectivity index (χ0n) is 12.0. The fourth-order valence-corrected chi connectivity index (χ4v) is 1.66. The maximum Gasteiger partial charge on any atom is 0.167 e. The van der Waals surface area contributed by atoms with Crippen LogP contribution in [0.1, 0.15) is 39.2 Å². The van der Waals surface area contributed by atoms with Gasteiger partial charge >= 0.3 is 0 Å². The summed E-state index contributed by atoms with van der Waals surface area (Å²) in [6, 6.07) is 3.75. The van der Waals surface area contributed by atoms with Crippen molar-refractivity contribution in [1.29, 1.82) is 0 Å². The lowest BCUT2D eigenvalue weighted by Gasteiger charge is -2.18. The van der Waals surface area contributed by atoms with Crippen molar-refractivity contribution in [2.45, 2.75) is 33.6 Å². The molecule has 1 rings (SSSR count). The van der Waals surface area contributed by atoms with Crippen LogP contribution in [-0.2, 0) is 0 Å². The molecule has 0 aliphatic rings. The number of methoxy groups -OCH3 is 3. The minimum absolute atomic E-state index is 0.324. The third kappa shape index (κ3) is 3.55. The average Bonchev–Trinajstić information content (AvgIpc) is 2.38. The summed E-state index contributed by atoms with van der Waals surface area (Å²) in [5, 5.41) is 0. The van der Waals surface area contributed by atoms with Gasteiger partial charge in [-0.2, -0.15) is 0 Å². The molecule has 0 aromatic heterocycles. The quantitative estimate of drug-likeness (QED) is 0.799. The van der Waals surface area contributed by atoms with E-state index in [0.29, 0.717) is 5.92 Å². The Morgan fingerprint density at radius 2 is 1.29 bits per heavy atom. The summed E-state index contributed by atoms with van der Waals surface area (Å²) in [6.45, 7) is 8.19. The number of benzene rings is 1. The Bertz CT molecular complexity index is 332. The number of rotatable bonds is 4. The number of hydrogen-bond donors (Lipinski definition) is 0. The van der Waals surface area contributed by atoms with Crippen molar-refractivity contribution in [2.75, 3.05) is 21.3 Å². The van der Waals surface area contributed by atoms with E-state index in [0.717, 1.165) is 22.8 Å². The van der Waals surface area contributed by atoms with Gasteiger partial charge in [0.2, 0.25) is 0 Å². The Morgan fingerprint density at radius 3 is 1.65 bits per heavy atom. The molecule has 0 fully saturated rings. The van der Waals surface area contributed by atoms with E-state index in [1.165, 1.54) is 0 Å². The molecule has 0 saturated heterocycles.